The van der Waals surface area contributed by atoms with Crippen molar-refractivity contribution in [3.05, 3.63) is 72.3 Å². The maximum atomic E-state index is 13.1. The van der Waals surface area contributed by atoms with Crippen molar-refractivity contribution in [2.75, 3.05) is 58.0 Å². The standard InChI is InChI=1S/C28H32N2O6/c1-33-28(32)22-10-12-24(13-11-22)35-20-17-30(27-21-23-7-2-3-8-25(23)36-27)26(31)9-6-18-34-19-16-29-14-4-5-15-29/h2-3,6-13,21H,4-5,14-20H2,1H3/b9-6+. The molecule has 1 aromatic heterocycles. The van der Waals surface area contributed by atoms with Gasteiger partial charge in [0.15, 0.2) is 0 Å². The molecule has 2 heterocycles. The largest absolute Gasteiger partial charge is 0.492 e. The first-order valence-corrected chi connectivity index (χ1v) is 12.2. The molecule has 0 N–H and O–H groups in total. The second-order valence-corrected chi connectivity index (χ2v) is 8.50. The van der Waals surface area contributed by atoms with Gasteiger partial charge in [-0.15, -0.1) is 0 Å². The van der Waals surface area contributed by atoms with Crippen LogP contribution in [0.4, 0.5) is 5.88 Å². The number of nitrogens with zero attached hydrogens (tertiary/aromatic N) is 2. The zero-order valence-corrected chi connectivity index (χ0v) is 20.6. The van der Waals surface area contributed by atoms with E-state index in [1.54, 1.807) is 35.2 Å². The molecule has 1 aliphatic rings. The number of carbonyl (C=O) groups excluding carboxylic acids is 2. The summed E-state index contributed by atoms with van der Waals surface area (Å²) in [4.78, 5) is 28.6. The SMILES string of the molecule is COC(=O)c1ccc(OCCN(C(=O)/C=C/COCCN2CCCC2)c2cc3ccccc3o2)cc1. The van der Waals surface area contributed by atoms with Crippen molar-refractivity contribution >= 4 is 28.7 Å². The number of methoxy groups -OCH3 is 1. The monoisotopic (exact) mass is 492 g/mol. The second kappa shape index (κ2) is 12.9. The van der Waals surface area contributed by atoms with Crippen molar-refractivity contribution in [2.24, 2.45) is 0 Å². The van der Waals surface area contributed by atoms with Crippen molar-refractivity contribution in [3.8, 4) is 5.75 Å². The van der Waals surface area contributed by atoms with E-state index in [1.807, 2.05) is 30.3 Å². The molecular formula is C28H32N2O6. The third-order valence-corrected chi connectivity index (χ3v) is 6.03. The topological polar surface area (TPSA) is 81.5 Å². The summed E-state index contributed by atoms with van der Waals surface area (Å²) in [6.45, 7) is 4.73. The molecule has 8 heteroatoms. The lowest BCUT2D eigenvalue weighted by atomic mass is 10.2. The highest BCUT2D eigenvalue weighted by atomic mass is 16.5. The van der Waals surface area contributed by atoms with Gasteiger partial charge in [-0.25, -0.2) is 4.79 Å². The van der Waals surface area contributed by atoms with E-state index in [1.165, 1.54) is 26.0 Å². The van der Waals surface area contributed by atoms with Crippen LogP contribution in [0.1, 0.15) is 23.2 Å². The lowest BCUT2D eigenvalue weighted by molar-refractivity contribution is -0.114. The molecule has 4 rings (SSSR count). The molecular weight excluding hydrogens is 460 g/mol. The molecule has 0 saturated carbocycles. The maximum Gasteiger partial charge on any atom is 0.337 e. The molecule has 0 aliphatic carbocycles. The lowest BCUT2D eigenvalue weighted by Gasteiger charge is -2.18. The molecule has 1 amide bonds. The molecule has 1 saturated heterocycles. The van der Waals surface area contributed by atoms with Gasteiger partial charge in [-0.1, -0.05) is 24.3 Å². The first-order chi connectivity index (χ1) is 17.6. The summed E-state index contributed by atoms with van der Waals surface area (Å²) in [6, 6.07) is 16.1. The lowest BCUT2D eigenvalue weighted by Crippen LogP contribution is -2.33. The Labute approximate surface area is 211 Å². The summed E-state index contributed by atoms with van der Waals surface area (Å²) in [5, 5.41) is 0.916. The molecule has 0 atom stereocenters. The molecule has 0 spiro atoms. The number of furan rings is 1. The minimum atomic E-state index is -0.407. The van der Waals surface area contributed by atoms with Gasteiger partial charge in [0.2, 0.25) is 5.88 Å². The van der Waals surface area contributed by atoms with Gasteiger partial charge in [0, 0.05) is 24.1 Å². The first-order valence-electron chi connectivity index (χ1n) is 12.2. The van der Waals surface area contributed by atoms with Crippen LogP contribution in [0.15, 0.2) is 71.2 Å². The van der Waals surface area contributed by atoms with Crippen LogP contribution in [-0.4, -0.2) is 69.9 Å². The molecule has 36 heavy (non-hydrogen) atoms. The average molecular weight is 493 g/mol. The van der Waals surface area contributed by atoms with Crippen LogP contribution in [0, 0.1) is 0 Å². The Morgan fingerprint density at radius 3 is 2.58 bits per heavy atom. The second-order valence-electron chi connectivity index (χ2n) is 8.50. The molecule has 1 fully saturated rings. The number of para-hydroxylation sites is 1. The van der Waals surface area contributed by atoms with Crippen LogP contribution in [0.3, 0.4) is 0 Å². The van der Waals surface area contributed by atoms with E-state index in [0.29, 0.717) is 36.0 Å². The highest BCUT2D eigenvalue weighted by Crippen LogP contribution is 2.26. The zero-order chi connectivity index (χ0) is 25.2. The molecule has 1 aliphatic heterocycles. The maximum absolute atomic E-state index is 13.1. The van der Waals surface area contributed by atoms with Gasteiger partial charge in [0.1, 0.15) is 17.9 Å². The summed E-state index contributed by atoms with van der Waals surface area (Å²) >= 11 is 0. The van der Waals surface area contributed by atoms with E-state index >= 15 is 0 Å². The molecule has 0 radical (unpaired) electrons. The molecule has 3 aromatic rings. The van der Waals surface area contributed by atoms with Crippen LogP contribution in [0.5, 0.6) is 5.75 Å². The van der Waals surface area contributed by atoms with Gasteiger partial charge < -0.3 is 23.5 Å². The van der Waals surface area contributed by atoms with Gasteiger partial charge in [0.05, 0.1) is 32.4 Å². The highest BCUT2D eigenvalue weighted by Gasteiger charge is 2.18. The molecule has 190 valence electrons. The Morgan fingerprint density at radius 2 is 1.83 bits per heavy atom. The zero-order valence-electron chi connectivity index (χ0n) is 20.6. The molecule has 8 nitrogen and oxygen atoms in total. The predicted molar refractivity (Wildman–Crippen MR) is 137 cm³/mol. The fraction of sp³-hybridized carbons (Fsp3) is 0.357. The molecule has 0 bridgehead atoms. The number of esters is 1. The Bertz CT molecular complexity index is 1130. The van der Waals surface area contributed by atoms with E-state index < -0.39 is 5.97 Å². The van der Waals surface area contributed by atoms with Crippen molar-refractivity contribution in [3.63, 3.8) is 0 Å². The number of carbonyl (C=O) groups is 2. The van der Waals surface area contributed by atoms with Crippen molar-refractivity contribution in [1.82, 2.24) is 4.90 Å². The molecule has 0 unspecified atom stereocenters. The summed E-state index contributed by atoms with van der Waals surface area (Å²) < 4.78 is 22.1. The van der Waals surface area contributed by atoms with E-state index in [0.717, 1.165) is 25.0 Å². The van der Waals surface area contributed by atoms with E-state index in [2.05, 4.69) is 4.90 Å². The normalized spacial score (nSPS) is 13.9. The number of amides is 1. The van der Waals surface area contributed by atoms with Crippen LogP contribution >= 0.6 is 0 Å². The van der Waals surface area contributed by atoms with Gasteiger partial charge in [-0.3, -0.25) is 9.69 Å². The van der Waals surface area contributed by atoms with Crippen molar-refractivity contribution < 1.29 is 28.2 Å². The fourth-order valence-electron chi connectivity index (χ4n) is 4.08. The Kier molecular flexibility index (Phi) is 9.13. The van der Waals surface area contributed by atoms with Crippen LogP contribution in [-0.2, 0) is 14.3 Å². The van der Waals surface area contributed by atoms with Gasteiger partial charge in [0.25, 0.3) is 5.91 Å². The summed E-state index contributed by atoms with van der Waals surface area (Å²) in [7, 11) is 1.34. The summed E-state index contributed by atoms with van der Waals surface area (Å²) in [5.41, 5.74) is 1.15. The first kappa shape index (κ1) is 25.5. The number of likely N-dealkylation sites (tertiary alicyclic amines) is 1. The third kappa shape index (κ3) is 6.96. The number of fused-ring (bicyclic) bond motifs is 1. The predicted octanol–water partition coefficient (Wildman–Crippen LogP) is 4.30. The number of ether oxygens (including phenoxy) is 3. The number of anilines is 1. The van der Waals surface area contributed by atoms with Crippen LogP contribution in [0.25, 0.3) is 11.0 Å². The minimum absolute atomic E-state index is 0.221. The van der Waals surface area contributed by atoms with Gasteiger partial charge in [-0.2, -0.15) is 0 Å². The van der Waals surface area contributed by atoms with E-state index in [9.17, 15) is 9.59 Å². The quantitative estimate of drug-likeness (QED) is 0.212. The third-order valence-electron chi connectivity index (χ3n) is 6.03. The fourth-order valence-corrected chi connectivity index (χ4v) is 4.08. The van der Waals surface area contributed by atoms with Gasteiger partial charge in [-0.05, 0) is 56.3 Å². The van der Waals surface area contributed by atoms with Crippen LogP contribution < -0.4 is 9.64 Å². The summed E-state index contributed by atoms with van der Waals surface area (Å²) in [6.07, 6.45) is 5.76. The average Bonchev–Trinajstić information content (AvgIpc) is 3.58. The smallest absolute Gasteiger partial charge is 0.337 e. The Hall–Kier alpha value is -3.62. The van der Waals surface area contributed by atoms with E-state index in [-0.39, 0.29) is 19.1 Å². The van der Waals surface area contributed by atoms with Gasteiger partial charge >= 0.3 is 5.97 Å². The minimum Gasteiger partial charge on any atom is -0.492 e. The number of hydrogen-bond acceptors (Lipinski definition) is 7. The van der Waals surface area contributed by atoms with E-state index in [4.69, 9.17) is 18.6 Å². The van der Waals surface area contributed by atoms with Crippen molar-refractivity contribution in [1.29, 1.82) is 0 Å². The summed E-state index contributed by atoms with van der Waals surface area (Å²) in [5.74, 6) is 0.406. The number of hydrogen-bond donors (Lipinski definition) is 0. The molecule has 2 aromatic carbocycles. The van der Waals surface area contributed by atoms with Crippen LogP contribution in [0.2, 0.25) is 0 Å². The van der Waals surface area contributed by atoms with Crippen molar-refractivity contribution in [2.45, 2.75) is 12.8 Å². The number of benzene rings is 2. The Morgan fingerprint density at radius 1 is 1.06 bits per heavy atom. The highest BCUT2D eigenvalue weighted by molar-refractivity contribution is 6.01. The Balaban J connectivity index is 1.34. The number of rotatable bonds is 12.